The summed E-state index contributed by atoms with van der Waals surface area (Å²) in [5.74, 6) is -0.426. The molecule has 0 saturated carbocycles. The standard InChI is InChI=1S/C14H20AtNO5/c15-6-14(7-17,8-18)9-21-11-3-1-10(2-4-11)5-12(16)13(19)20/h1-4,12,17-18H,5-9,16H2,(H,19,20). The molecule has 1 aromatic carbocycles. The molecule has 0 spiro atoms. The molecule has 1 atom stereocenters. The van der Waals surface area contributed by atoms with Crippen molar-refractivity contribution in [1.82, 2.24) is 0 Å². The van der Waals surface area contributed by atoms with Gasteiger partial charge in [0.25, 0.3) is 0 Å². The molecule has 5 N–H and O–H groups in total. The van der Waals surface area contributed by atoms with Crippen molar-refractivity contribution in [2.45, 2.75) is 16.6 Å². The molecule has 1 unspecified atom stereocenters. The van der Waals surface area contributed by atoms with Gasteiger partial charge in [0.15, 0.2) is 0 Å². The molecule has 6 nitrogen and oxygen atoms in total. The van der Waals surface area contributed by atoms with E-state index in [-0.39, 0.29) is 26.2 Å². The van der Waals surface area contributed by atoms with Crippen LogP contribution in [0.1, 0.15) is 5.56 Å². The fraction of sp³-hybridized carbons (Fsp3) is 0.500. The van der Waals surface area contributed by atoms with Gasteiger partial charge in [-0.2, -0.15) is 0 Å². The predicted octanol–water partition coefficient (Wildman–Crippen LogP) is -0.0416. The number of hydrogen-bond donors (Lipinski definition) is 4. The van der Waals surface area contributed by atoms with Gasteiger partial charge < -0.3 is 0 Å². The van der Waals surface area contributed by atoms with Crippen LogP contribution >= 0.6 is 0 Å². The first-order valence-electron chi connectivity index (χ1n) is 6.44. The molecule has 0 heterocycles. The Bertz CT molecular complexity index is 439. The van der Waals surface area contributed by atoms with Crippen molar-refractivity contribution in [1.29, 1.82) is 0 Å². The number of ether oxygens (including phenoxy) is 1. The summed E-state index contributed by atoms with van der Waals surface area (Å²) in [6.45, 7) is -0.0401. The van der Waals surface area contributed by atoms with E-state index in [1.807, 2.05) is 0 Å². The monoisotopic (exact) mass is 492 g/mol. The van der Waals surface area contributed by atoms with E-state index >= 15 is 0 Å². The summed E-state index contributed by atoms with van der Waals surface area (Å²) in [5.41, 5.74) is 5.66. The third-order valence-corrected chi connectivity index (χ3v) is 5.40. The van der Waals surface area contributed by atoms with E-state index in [0.717, 1.165) is 5.56 Å². The molecular formula is C14H20AtNO5. The average Bonchev–Trinajstić information content (AvgIpc) is 2.50. The minimum absolute atomic E-state index is 0.133. The van der Waals surface area contributed by atoms with Crippen LogP contribution in [0.15, 0.2) is 24.3 Å². The van der Waals surface area contributed by atoms with Crippen LogP contribution < -0.4 is 10.5 Å². The summed E-state index contributed by atoms with van der Waals surface area (Å²) >= 11 is 1.48. The maximum absolute atomic E-state index is 10.7. The van der Waals surface area contributed by atoms with Gasteiger partial charge in [-0.15, -0.1) is 0 Å². The van der Waals surface area contributed by atoms with E-state index in [9.17, 15) is 15.0 Å². The van der Waals surface area contributed by atoms with Gasteiger partial charge in [-0.05, 0) is 0 Å². The molecule has 1 aromatic rings. The van der Waals surface area contributed by atoms with Crippen molar-refractivity contribution in [3.05, 3.63) is 29.8 Å². The molecule has 7 heteroatoms. The van der Waals surface area contributed by atoms with E-state index in [1.54, 1.807) is 24.3 Å². The number of aliphatic hydroxyl groups excluding tert-OH is 2. The van der Waals surface area contributed by atoms with E-state index < -0.39 is 17.4 Å². The summed E-state index contributed by atoms with van der Waals surface area (Å²) in [6, 6.07) is 6.04. The molecule has 0 fully saturated rings. The van der Waals surface area contributed by atoms with Gasteiger partial charge in [0.1, 0.15) is 0 Å². The van der Waals surface area contributed by atoms with E-state index in [2.05, 4.69) is 0 Å². The van der Waals surface area contributed by atoms with Crippen LogP contribution in [0.2, 0.25) is 4.13 Å². The molecule has 1 rings (SSSR count). The van der Waals surface area contributed by atoms with Crippen LogP contribution in [0.3, 0.4) is 0 Å². The number of carboxylic acid groups (broad SMARTS) is 1. The maximum atomic E-state index is 10.7. The van der Waals surface area contributed by atoms with Crippen LogP contribution in [-0.2, 0) is 11.2 Å². The molecule has 0 radical (unpaired) electrons. The summed E-state index contributed by atoms with van der Waals surface area (Å²) in [4.78, 5) is 10.7. The number of aliphatic carboxylic acids is 1. The first kappa shape index (κ1) is 18.3. The quantitative estimate of drug-likeness (QED) is 0.385. The second-order valence-electron chi connectivity index (χ2n) is 5.03. The van der Waals surface area contributed by atoms with Gasteiger partial charge in [0, 0.05) is 0 Å². The third-order valence-electron chi connectivity index (χ3n) is 3.20. The van der Waals surface area contributed by atoms with Crippen LogP contribution in [0, 0.1) is 30.1 Å². The summed E-state index contributed by atoms with van der Waals surface area (Å²) in [7, 11) is 0. The molecule has 0 aliphatic carbocycles. The summed E-state index contributed by atoms with van der Waals surface area (Å²) < 4.78 is 6.25. The molecule has 118 valence electrons. The summed E-state index contributed by atoms with van der Waals surface area (Å²) in [5, 5.41) is 27.5. The predicted molar refractivity (Wildman–Crippen MR) is 72.7 cm³/mol. The number of hydrogen-bond acceptors (Lipinski definition) is 5. The van der Waals surface area contributed by atoms with Crippen molar-refractivity contribution >= 4 is 5.97 Å². The Labute approximate surface area is 138 Å². The molecule has 21 heavy (non-hydrogen) atoms. The molecule has 0 amide bonds. The first-order valence-corrected chi connectivity index (χ1v) is 8.52. The van der Waals surface area contributed by atoms with Crippen molar-refractivity contribution < 1.29 is 49.6 Å². The third kappa shape index (κ3) is 5.51. The number of rotatable bonds is 9. The zero-order chi connectivity index (χ0) is 15.9. The Morgan fingerprint density at radius 3 is 2.29 bits per heavy atom. The average molecular weight is 492 g/mol. The van der Waals surface area contributed by atoms with E-state index in [4.69, 9.17) is 15.6 Å². The zero-order valence-corrected chi connectivity index (χ0v) is 14.5. The van der Waals surface area contributed by atoms with E-state index in [1.165, 1.54) is 24.7 Å². The van der Waals surface area contributed by atoms with Crippen molar-refractivity contribution in [2.75, 3.05) is 19.8 Å². The number of aliphatic hydroxyl groups is 2. The summed E-state index contributed by atoms with van der Waals surface area (Å²) in [6.07, 6.45) is 0.254. The molecule has 0 bridgehead atoms. The Kier molecular flexibility index (Phi) is 7.53. The van der Waals surface area contributed by atoms with Gasteiger partial charge in [-0.1, -0.05) is 0 Å². The number of benzene rings is 1. The number of nitrogens with two attached hydrogens (primary N) is 1. The van der Waals surface area contributed by atoms with Crippen molar-refractivity contribution in [2.24, 2.45) is 11.1 Å². The van der Waals surface area contributed by atoms with Gasteiger partial charge in [0.2, 0.25) is 0 Å². The zero-order valence-electron chi connectivity index (χ0n) is 11.5. The Morgan fingerprint density at radius 2 is 1.86 bits per heavy atom. The van der Waals surface area contributed by atoms with Crippen molar-refractivity contribution in [3.63, 3.8) is 0 Å². The van der Waals surface area contributed by atoms with Crippen LogP contribution in [-0.4, -0.2) is 47.2 Å². The fourth-order valence-electron chi connectivity index (χ4n) is 1.56. The Morgan fingerprint density at radius 1 is 1.29 bits per heavy atom. The van der Waals surface area contributed by atoms with Crippen LogP contribution in [0.4, 0.5) is 0 Å². The molecule has 0 aliphatic heterocycles. The SMILES string of the molecule is NC(Cc1ccc(OCC(CO)(CO)C[At])cc1)C(=O)O. The van der Waals surface area contributed by atoms with Crippen molar-refractivity contribution in [3.8, 4) is 5.75 Å². The molecule has 0 aromatic heterocycles. The first-order chi connectivity index (χ1) is 9.96. The Balaban J connectivity index is 2.60. The van der Waals surface area contributed by atoms with E-state index in [0.29, 0.717) is 9.88 Å². The van der Waals surface area contributed by atoms with Gasteiger partial charge in [0.05, 0.1) is 0 Å². The van der Waals surface area contributed by atoms with Gasteiger partial charge in [-0.3, -0.25) is 0 Å². The van der Waals surface area contributed by atoms with Crippen LogP contribution in [0.25, 0.3) is 0 Å². The fourth-order valence-corrected chi connectivity index (χ4v) is 2.52. The number of carboxylic acids is 1. The molecule has 0 saturated heterocycles. The molecule has 0 aliphatic rings. The van der Waals surface area contributed by atoms with Gasteiger partial charge >= 0.3 is 139 Å². The minimum atomic E-state index is -1.03. The second-order valence-corrected chi connectivity index (χ2v) is 6.07. The molecular weight excluding hydrogens is 472 g/mol. The topological polar surface area (TPSA) is 113 Å². The second kappa shape index (κ2) is 8.64. The number of carbonyl (C=O) groups is 1. The normalized spacial score (nSPS) is 13.0. The van der Waals surface area contributed by atoms with Gasteiger partial charge in [-0.25, -0.2) is 0 Å². The van der Waals surface area contributed by atoms with Crippen LogP contribution in [0.5, 0.6) is 5.75 Å². The Hall–Kier alpha value is -0.747.